The van der Waals surface area contributed by atoms with Crippen molar-refractivity contribution in [3.05, 3.63) is 71.8 Å². The lowest BCUT2D eigenvalue weighted by Gasteiger charge is -2.41. The van der Waals surface area contributed by atoms with E-state index in [0.29, 0.717) is 25.8 Å². The van der Waals surface area contributed by atoms with Crippen LogP contribution < -0.4 is 16.0 Å². The van der Waals surface area contributed by atoms with Gasteiger partial charge in [-0.2, -0.15) is 0 Å². The quantitative estimate of drug-likeness (QED) is 0.116. The zero-order chi connectivity index (χ0) is 50.8. The fourth-order valence-corrected chi connectivity index (χ4v) is 9.14. The molecule has 0 aromatic heterocycles. The minimum Gasteiger partial charge on any atom is -0.467 e. The zero-order valence-electron chi connectivity index (χ0n) is 42.5. The van der Waals surface area contributed by atoms with Gasteiger partial charge in [0.2, 0.25) is 29.5 Å². The summed E-state index contributed by atoms with van der Waals surface area (Å²) in [4.78, 5) is 101. The molecule has 2 aromatic rings. The summed E-state index contributed by atoms with van der Waals surface area (Å²) in [6.07, 6.45) is -0.171. The van der Waals surface area contributed by atoms with Crippen molar-refractivity contribution in [3.63, 3.8) is 0 Å². The van der Waals surface area contributed by atoms with Crippen molar-refractivity contribution < 1.29 is 52.5 Å². The third-order valence-electron chi connectivity index (χ3n) is 13.2. The van der Waals surface area contributed by atoms with E-state index in [1.807, 2.05) is 88.4 Å². The molecule has 0 aliphatic carbocycles. The van der Waals surface area contributed by atoms with Crippen LogP contribution in [0.5, 0.6) is 0 Å². The number of methoxy groups -OCH3 is 3. The predicted octanol–water partition coefficient (Wildman–Crippen LogP) is 4.75. The van der Waals surface area contributed by atoms with E-state index < -0.39 is 90.1 Å². The summed E-state index contributed by atoms with van der Waals surface area (Å²) in [7, 11) is 7.42. The highest BCUT2D eigenvalue weighted by Gasteiger charge is 2.44. The Hall–Kier alpha value is -5.55. The largest absolute Gasteiger partial charge is 0.467 e. The van der Waals surface area contributed by atoms with Crippen molar-refractivity contribution in [1.82, 2.24) is 30.7 Å². The fraction of sp³-hybridized carbons (Fsp3) is 0.627. The Morgan fingerprint density at radius 2 is 1.34 bits per heavy atom. The molecule has 3 N–H and O–H groups in total. The van der Waals surface area contributed by atoms with Crippen molar-refractivity contribution >= 4 is 41.6 Å². The molecule has 2 aromatic carbocycles. The molecule has 17 heteroatoms. The normalized spacial score (nSPS) is 17.6. The molecule has 10 atom stereocenters. The first-order chi connectivity index (χ1) is 32.2. The van der Waals surface area contributed by atoms with Gasteiger partial charge < -0.3 is 49.6 Å². The maximum absolute atomic E-state index is 14.6. The number of alkyl carbamates (subject to hydrolysis) is 1. The van der Waals surface area contributed by atoms with Gasteiger partial charge in [0.25, 0.3) is 0 Å². The van der Waals surface area contributed by atoms with Gasteiger partial charge in [-0.1, -0.05) is 116 Å². The SMILES string of the molecule is CC[C@H](C)[C@@H]([C@@H](CC(=O)N1CCC[C@H]1[C@H](OC)[C@@H](C)C(=O)NC(Cc1ccccc1)C(=O)OC)OC)N(C)C(=O)[C@@H](NC(=O)[C@H](C(C)C)N(C)C(=O)[C@H](C)NC(=O)OCc1ccccc1)C(C)C. The lowest BCUT2D eigenvalue weighted by molar-refractivity contribution is -0.149. The van der Waals surface area contributed by atoms with E-state index in [1.54, 1.807) is 37.6 Å². The van der Waals surface area contributed by atoms with Gasteiger partial charge in [-0.25, -0.2) is 9.59 Å². The summed E-state index contributed by atoms with van der Waals surface area (Å²) in [6, 6.07) is 13.4. The molecule has 0 saturated carbocycles. The first-order valence-corrected chi connectivity index (χ1v) is 23.8. The second-order valence-corrected chi connectivity index (χ2v) is 18.7. The number of carbonyl (C=O) groups excluding carboxylic acids is 7. The molecule has 1 saturated heterocycles. The van der Waals surface area contributed by atoms with Crippen LogP contribution >= 0.6 is 0 Å². The van der Waals surface area contributed by atoms with Crippen LogP contribution in [-0.2, 0) is 60.7 Å². The fourth-order valence-electron chi connectivity index (χ4n) is 9.14. The third-order valence-corrected chi connectivity index (χ3v) is 13.2. The van der Waals surface area contributed by atoms with E-state index in [0.717, 1.165) is 11.1 Å². The summed E-state index contributed by atoms with van der Waals surface area (Å²) in [6.45, 7) is 14.9. The van der Waals surface area contributed by atoms with Gasteiger partial charge >= 0.3 is 12.1 Å². The molecule has 6 amide bonds. The van der Waals surface area contributed by atoms with Crippen molar-refractivity contribution in [2.45, 2.75) is 143 Å². The van der Waals surface area contributed by atoms with E-state index in [9.17, 15) is 33.6 Å². The molecule has 1 unspecified atom stereocenters. The molecule has 1 aliphatic heterocycles. The van der Waals surface area contributed by atoms with Crippen LogP contribution in [0.25, 0.3) is 0 Å². The van der Waals surface area contributed by atoms with Gasteiger partial charge in [0.05, 0.1) is 43.7 Å². The van der Waals surface area contributed by atoms with Crippen molar-refractivity contribution in [3.8, 4) is 0 Å². The topological polar surface area (TPSA) is 202 Å². The van der Waals surface area contributed by atoms with Crippen LogP contribution in [0.2, 0.25) is 0 Å². The van der Waals surface area contributed by atoms with Gasteiger partial charge in [0.15, 0.2) is 0 Å². The number of benzene rings is 2. The Kier molecular flexibility index (Phi) is 22.9. The number of likely N-dealkylation sites (tertiary alicyclic amines) is 1. The number of rotatable bonds is 25. The summed E-state index contributed by atoms with van der Waals surface area (Å²) in [5.41, 5.74) is 1.63. The number of amides is 6. The standard InChI is InChI=1S/C51H78N6O11/c1-14-33(6)44(40(65-11)29-41(58)57-27-21-26-39(57)45(66-12)34(7)46(59)53-38(50(63)67-13)28-36-22-17-15-18-23-36)56(10)49(62)42(31(2)3)54-47(60)43(32(4)5)55(9)48(61)35(8)52-51(64)68-30-37-24-19-16-20-25-37/h15-20,22-25,31-35,38-40,42-45H,14,21,26-30H2,1-13H3,(H,52,64)(H,53,59)(H,54,60)/t33-,34+,35-,38?,39-,40+,42-,43-,44-,45+/m0/s1. The molecule has 68 heavy (non-hydrogen) atoms. The first-order valence-electron chi connectivity index (χ1n) is 23.8. The molecule has 1 fully saturated rings. The van der Waals surface area contributed by atoms with Gasteiger partial charge in [-0.05, 0) is 48.6 Å². The van der Waals surface area contributed by atoms with Gasteiger partial charge in [-0.3, -0.25) is 24.0 Å². The Bertz CT molecular complexity index is 1950. The second kappa shape index (κ2) is 27.4. The summed E-state index contributed by atoms with van der Waals surface area (Å²) in [5.74, 6) is -4.32. The predicted molar refractivity (Wildman–Crippen MR) is 258 cm³/mol. The third kappa shape index (κ3) is 15.5. The molecular weight excluding hydrogens is 873 g/mol. The number of nitrogens with zero attached hydrogens (tertiary/aromatic N) is 3. The summed E-state index contributed by atoms with van der Waals surface area (Å²) in [5, 5.41) is 8.34. The summed E-state index contributed by atoms with van der Waals surface area (Å²) >= 11 is 0. The summed E-state index contributed by atoms with van der Waals surface area (Å²) < 4.78 is 22.3. The molecule has 0 spiro atoms. The maximum atomic E-state index is 14.6. The Morgan fingerprint density at radius 3 is 1.87 bits per heavy atom. The van der Waals surface area contributed by atoms with Crippen LogP contribution in [0.3, 0.4) is 0 Å². The molecule has 3 rings (SSSR count). The monoisotopic (exact) mass is 951 g/mol. The number of hydrogen-bond acceptors (Lipinski definition) is 11. The number of likely N-dealkylation sites (N-methyl/N-ethyl adjacent to an activating group) is 2. The first kappa shape index (κ1) is 56.8. The van der Waals surface area contributed by atoms with Gasteiger partial charge in [0.1, 0.15) is 30.8 Å². The van der Waals surface area contributed by atoms with Gasteiger partial charge in [-0.15, -0.1) is 0 Å². The van der Waals surface area contributed by atoms with Gasteiger partial charge in [0, 0.05) is 41.3 Å². The lowest BCUT2D eigenvalue weighted by Crippen LogP contribution is -2.61. The average molecular weight is 951 g/mol. The molecule has 378 valence electrons. The minimum absolute atomic E-state index is 0.0196. The van der Waals surface area contributed by atoms with Crippen LogP contribution in [0.15, 0.2) is 60.7 Å². The van der Waals surface area contributed by atoms with Crippen molar-refractivity contribution in [2.75, 3.05) is 42.0 Å². The minimum atomic E-state index is -1.02. The maximum Gasteiger partial charge on any atom is 0.408 e. The van der Waals surface area contributed by atoms with E-state index >= 15 is 0 Å². The Balaban J connectivity index is 1.76. The lowest BCUT2D eigenvalue weighted by atomic mass is 9.89. The molecule has 17 nitrogen and oxygen atoms in total. The van der Waals surface area contributed by atoms with Crippen LogP contribution in [0.1, 0.15) is 92.2 Å². The van der Waals surface area contributed by atoms with Crippen LogP contribution in [-0.4, -0.2) is 147 Å². The number of hydrogen-bond donors (Lipinski definition) is 3. The van der Waals surface area contributed by atoms with Crippen molar-refractivity contribution in [2.24, 2.45) is 23.7 Å². The molecule has 1 aliphatic rings. The molecule has 0 bridgehead atoms. The van der Waals surface area contributed by atoms with E-state index in [4.69, 9.17) is 18.9 Å². The highest BCUT2D eigenvalue weighted by Crippen LogP contribution is 2.30. The van der Waals surface area contributed by atoms with E-state index in [1.165, 1.54) is 40.2 Å². The zero-order valence-corrected chi connectivity index (χ0v) is 42.5. The highest BCUT2D eigenvalue weighted by atomic mass is 16.5. The van der Waals surface area contributed by atoms with Crippen LogP contribution in [0.4, 0.5) is 4.79 Å². The number of nitrogens with one attached hydrogen (secondary N) is 3. The van der Waals surface area contributed by atoms with E-state index in [2.05, 4.69) is 16.0 Å². The number of esters is 1. The Labute approximate surface area is 403 Å². The highest BCUT2D eigenvalue weighted by molar-refractivity contribution is 5.94. The smallest absolute Gasteiger partial charge is 0.408 e. The number of carbonyl (C=O) groups is 7. The average Bonchev–Trinajstić information content (AvgIpc) is 3.81. The van der Waals surface area contributed by atoms with Crippen LogP contribution in [0, 0.1) is 23.7 Å². The number of ether oxygens (including phenoxy) is 4. The molecular formula is C51H78N6O11. The molecule has 1 heterocycles. The van der Waals surface area contributed by atoms with E-state index in [-0.39, 0.29) is 43.1 Å². The molecule has 0 radical (unpaired) electrons. The Morgan fingerprint density at radius 1 is 0.735 bits per heavy atom. The van der Waals surface area contributed by atoms with Crippen molar-refractivity contribution in [1.29, 1.82) is 0 Å². The second-order valence-electron chi connectivity index (χ2n) is 18.7.